The molecule has 5 nitrogen and oxygen atoms in total. The molecular formula is C8H13N3O2S. The first kappa shape index (κ1) is 11.2. The molecule has 0 aliphatic heterocycles. The lowest BCUT2D eigenvalue weighted by Gasteiger charge is -2.17. The van der Waals surface area contributed by atoms with Crippen LogP contribution in [0.3, 0.4) is 0 Å². The molecule has 0 spiro atoms. The Morgan fingerprint density at radius 1 is 1.57 bits per heavy atom. The maximum absolute atomic E-state index is 9.64. The number of rotatable bonds is 3. The molecule has 1 rings (SSSR count). The van der Waals surface area contributed by atoms with Gasteiger partial charge in [-0.05, 0) is 6.92 Å². The van der Waals surface area contributed by atoms with Crippen LogP contribution in [0.1, 0.15) is 17.4 Å². The number of hydrogen-bond donors (Lipinski definition) is 4. The molecule has 0 radical (unpaired) electrons. The minimum Gasteiger partial charge on any atom is -0.389 e. The van der Waals surface area contributed by atoms with Gasteiger partial charge >= 0.3 is 0 Å². The summed E-state index contributed by atoms with van der Waals surface area (Å²) < 4.78 is 0. The first-order chi connectivity index (χ1) is 6.56. The molecule has 0 fully saturated rings. The van der Waals surface area contributed by atoms with Crippen molar-refractivity contribution in [2.75, 3.05) is 11.5 Å². The normalized spacial score (nSPS) is 15.1. The molecule has 2 atom stereocenters. The number of aryl methyl sites for hydroxylation is 1. The first-order valence-electron chi connectivity index (χ1n) is 4.12. The summed E-state index contributed by atoms with van der Waals surface area (Å²) >= 11 is 3.88. The number of aliphatic hydroxyl groups is 2. The van der Waals surface area contributed by atoms with Crippen LogP contribution in [0.4, 0.5) is 5.95 Å². The molecule has 0 bridgehead atoms. The minimum atomic E-state index is -1.02. The highest BCUT2D eigenvalue weighted by Crippen LogP contribution is 2.19. The molecule has 0 aliphatic carbocycles. The monoisotopic (exact) mass is 215 g/mol. The Hall–Kier alpha value is -0.850. The number of thiol groups is 1. The molecular weight excluding hydrogens is 202 g/mol. The third-order valence-corrected chi connectivity index (χ3v) is 2.28. The molecule has 2 unspecified atom stereocenters. The average molecular weight is 215 g/mol. The standard InChI is InChI=1S/C8H13N3O2S/c1-4-5(2-10-8(9)11-4)7(13)6(12)3-14/h2,6-7,12-14H,3H2,1H3,(H2,9,10,11). The van der Waals surface area contributed by atoms with Crippen molar-refractivity contribution in [1.29, 1.82) is 0 Å². The van der Waals surface area contributed by atoms with Crippen LogP contribution < -0.4 is 5.73 Å². The molecule has 6 heteroatoms. The van der Waals surface area contributed by atoms with Crippen molar-refractivity contribution in [2.45, 2.75) is 19.1 Å². The second kappa shape index (κ2) is 4.59. The van der Waals surface area contributed by atoms with Crippen molar-refractivity contribution >= 4 is 18.6 Å². The van der Waals surface area contributed by atoms with Crippen molar-refractivity contribution in [3.8, 4) is 0 Å². The predicted octanol–water partition coefficient (Wildman–Crippen LogP) is -0.309. The minimum absolute atomic E-state index is 0.152. The van der Waals surface area contributed by atoms with Crippen molar-refractivity contribution in [2.24, 2.45) is 0 Å². The van der Waals surface area contributed by atoms with E-state index in [1.807, 2.05) is 0 Å². The second-order valence-electron chi connectivity index (χ2n) is 2.96. The fraction of sp³-hybridized carbons (Fsp3) is 0.500. The third-order valence-electron chi connectivity index (χ3n) is 1.91. The molecule has 14 heavy (non-hydrogen) atoms. The second-order valence-corrected chi connectivity index (χ2v) is 3.33. The highest BCUT2D eigenvalue weighted by atomic mass is 32.1. The lowest BCUT2D eigenvalue weighted by molar-refractivity contribution is 0.0329. The number of nitrogen functional groups attached to an aromatic ring is 1. The van der Waals surface area contributed by atoms with Crippen LogP contribution in [0.2, 0.25) is 0 Å². The number of hydrogen-bond acceptors (Lipinski definition) is 6. The zero-order chi connectivity index (χ0) is 10.7. The molecule has 0 aromatic carbocycles. The van der Waals surface area contributed by atoms with Crippen molar-refractivity contribution in [3.63, 3.8) is 0 Å². The van der Waals surface area contributed by atoms with E-state index in [1.165, 1.54) is 6.20 Å². The topological polar surface area (TPSA) is 92.3 Å². The van der Waals surface area contributed by atoms with Crippen LogP contribution in [0.15, 0.2) is 6.20 Å². The quantitative estimate of drug-likeness (QED) is 0.519. The molecule has 0 aliphatic rings. The van der Waals surface area contributed by atoms with Gasteiger partial charge in [-0.2, -0.15) is 12.6 Å². The van der Waals surface area contributed by atoms with E-state index in [1.54, 1.807) is 6.92 Å². The molecule has 0 amide bonds. The van der Waals surface area contributed by atoms with Crippen molar-refractivity contribution in [3.05, 3.63) is 17.5 Å². The Labute approximate surface area is 87.4 Å². The number of aromatic nitrogens is 2. The van der Waals surface area contributed by atoms with Crippen LogP contribution in [0.25, 0.3) is 0 Å². The van der Waals surface area contributed by atoms with Gasteiger partial charge in [0.2, 0.25) is 5.95 Å². The highest BCUT2D eigenvalue weighted by Gasteiger charge is 2.19. The SMILES string of the molecule is Cc1nc(N)ncc1C(O)C(O)CS. The van der Waals surface area contributed by atoms with E-state index in [9.17, 15) is 10.2 Å². The Balaban J connectivity index is 2.95. The highest BCUT2D eigenvalue weighted by molar-refractivity contribution is 7.80. The van der Waals surface area contributed by atoms with Crippen LogP contribution in [0, 0.1) is 6.92 Å². The lowest BCUT2D eigenvalue weighted by atomic mass is 10.1. The summed E-state index contributed by atoms with van der Waals surface area (Å²) in [5.41, 5.74) is 6.39. The van der Waals surface area contributed by atoms with E-state index in [-0.39, 0.29) is 11.7 Å². The summed E-state index contributed by atoms with van der Waals surface area (Å²) in [6.07, 6.45) is -0.535. The maximum atomic E-state index is 9.64. The van der Waals surface area contributed by atoms with Gasteiger partial charge < -0.3 is 15.9 Å². The van der Waals surface area contributed by atoms with E-state index >= 15 is 0 Å². The van der Waals surface area contributed by atoms with E-state index in [2.05, 4.69) is 22.6 Å². The van der Waals surface area contributed by atoms with E-state index in [0.29, 0.717) is 11.3 Å². The van der Waals surface area contributed by atoms with Gasteiger partial charge in [0.25, 0.3) is 0 Å². The van der Waals surface area contributed by atoms with Crippen LogP contribution >= 0.6 is 12.6 Å². The molecule has 1 heterocycles. The van der Waals surface area contributed by atoms with Gasteiger partial charge in [0, 0.05) is 23.2 Å². The van der Waals surface area contributed by atoms with Crippen LogP contribution in [-0.4, -0.2) is 32.0 Å². The summed E-state index contributed by atoms with van der Waals surface area (Å²) in [5.74, 6) is 0.323. The van der Waals surface area contributed by atoms with Gasteiger partial charge in [-0.15, -0.1) is 0 Å². The van der Waals surface area contributed by atoms with Crippen LogP contribution in [-0.2, 0) is 0 Å². The van der Waals surface area contributed by atoms with Crippen LogP contribution in [0.5, 0.6) is 0 Å². The lowest BCUT2D eigenvalue weighted by Crippen LogP contribution is -2.21. The number of nitrogens with zero attached hydrogens (tertiary/aromatic N) is 2. The number of anilines is 1. The molecule has 1 aromatic rings. The Morgan fingerprint density at radius 3 is 2.71 bits per heavy atom. The van der Waals surface area contributed by atoms with E-state index in [4.69, 9.17) is 5.73 Å². The summed E-state index contributed by atoms with van der Waals surface area (Å²) in [4.78, 5) is 7.63. The van der Waals surface area contributed by atoms with Gasteiger partial charge in [-0.1, -0.05) is 0 Å². The molecule has 0 saturated heterocycles. The molecule has 4 N–H and O–H groups in total. The van der Waals surface area contributed by atoms with Gasteiger partial charge in [-0.3, -0.25) is 0 Å². The summed E-state index contributed by atoms with van der Waals surface area (Å²) in [6, 6.07) is 0. The Kier molecular flexibility index (Phi) is 3.68. The van der Waals surface area contributed by atoms with E-state index < -0.39 is 12.2 Å². The number of nitrogens with two attached hydrogens (primary N) is 1. The third kappa shape index (κ3) is 2.34. The van der Waals surface area contributed by atoms with Crippen molar-refractivity contribution < 1.29 is 10.2 Å². The smallest absolute Gasteiger partial charge is 0.220 e. The van der Waals surface area contributed by atoms with Gasteiger partial charge in [0.05, 0.1) is 6.10 Å². The first-order valence-corrected chi connectivity index (χ1v) is 4.75. The molecule has 78 valence electrons. The summed E-state index contributed by atoms with van der Waals surface area (Å²) in [7, 11) is 0. The largest absolute Gasteiger partial charge is 0.389 e. The molecule has 1 aromatic heterocycles. The summed E-state index contributed by atoms with van der Waals surface area (Å²) in [5, 5.41) is 19.0. The maximum Gasteiger partial charge on any atom is 0.220 e. The molecule has 0 saturated carbocycles. The van der Waals surface area contributed by atoms with E-state index in [0.717, 1.165) is 0 Å². The predicted molar refractivity (Wildman–Crippen MR) is 56.0 cm³/mol. The fourth-order valence-electron chi connectivity index (χ4n) is 1.09. The zero-order valence-corrected chi connectivity index (χ0v) is 8.65. The van der Waals surface area contributed by atoms with Gasteiger partial charge in [0.15, 0.2) is 0 Å². The summed E-state index contributed by atoms with van der Waals surface area (Å²) in [6.45, 7) is 1.70. The average Bonchev–Trinajstić information content (AvgIpc) is 2.15. The van der Waals surface area contributed by atoms with Crippen molar-refractivity contribution in [1.82, 2.24) is 9.97 Å². The van der Waals surface area contributed by atoms with Gasteiger partial charge in [0.1, 0.15) is 6.10 Å². The Bertz CT molecular complexity index is 321. The number of aliphatic hydroxyl groups excluding tert-OH is 2. The Morgan fingerprint density at radius 2 is 2.21 bits per heavy atom. The zero-order valence-electron chi connectivity index (χ0n) is 7.75. The fourth-order valence-corrected chi connectivity index (χ4v) is 1.29. The van der Waals surface area contributed by atoms with Gasteiger partial charge in [-0.25, -0.2) is 9.97 Å².